The first-order valence-electron chi connectivity index (χ1n) is 10.1. The van der Waals surface area contributed by atoms with Gasteiger partial charge in [0, 0.05) is 44.8 Å². The van der Waals surface area contributed by atoms with Crippen LogP contribution in [0.5, 0.6) is 17.2 Å². The Labute approximate surface area is 176 Å². The van der Waals surface area contributed by atoms with E-state index in [9.17, 15) is 4.79 Å². The number of hydrogen-bond acceptors (Lipinski definition) is 7. The second kappa shape index (κ2) is 9.13. The zero-order valence-electron chi connectivity index (χ0n) is 17.1. The van der Waals surface area contributed by atoms with E-state index < -0.39 is 12.2 Å². The van der Waals surface area contributed by atoms with Gasteiger partial charge >= 0.3 is 6.09 Å². The van der Waals surface area contributed by atoms with Crippen molar-refractivity contribution in [2.24, 2.45) is 5.73 Å². The summed E-state index contributed by atoms with van der Waals surface area (Å²) in [5, 5.41) is 0. The quantitative estimate of drug-likeness (QED) is 0.747. The van der Waals surface area contributed by atoms with E-state index in [1.54, 1.807) is 7.11 Å². The standard InChI is InChI=1S/C22H27N3O5/c1-27-18-5-3-17(4-6-18)25-12-10-24(11-13-25)9-8-19(30-22(23)26)16-2-7-20-21(14-16)29-15-28-20/h2-7,14,19H,8-13,15H2,1H3,(H2,23,26). The van der Waals surface area contributed by atoms with Crippen molar-refractivity contribution in [1.82, 2.24) is 4.90 Å². The molecule has 1 unspecified atom stereocenters. The molecule has 4 rings (SSSR count). The number of fused-ring (bicyclic) bond motifs is 1. The van der Waals surface area contributed by atoms with E-state index in [1.807, 2.05) is 30.3 Å². The van der Waals surface area contributed by atoms with Crippen LogP contribution in [0.15, 0.2) is 42.5 Å². The second-order valence-electron chi connectivity index (χ2n) is 7.35. The van der Waals surface area contributed by atoms with Gasteiger partial charge in [-0.15, -0.1) is 0 Å². The van der Waals surface area contributed by atoms with Crippen LogP contribution in [0, 0.1) is 0 Å². The second-order valence-corrected chi connectivity index (χ2v) is 7.35. The minimum absolute atomic E-state index is 0.207. The summed E-state index contributed by atoms with van der Waals surface area (Å²) in [4.78, 5) is 16.2. The maximum atomic E-state index is 11.4. The van der Waals surface area contributed by atoms with Crippen LogP contribution in [0.25, 0.3) is 0 Å². The lowest BCUT2D eigenvalue weighted by Crippen LogP contribution is -2.46. The fourth-order valence-electron chi connectivity index (χ4n) is 3.87. The fraction of sp³-hybridized carbons (Fsp3) is 0.409. The van der Waals surface area contributed by atoms with Crippen LogP contribution in [0.4, 0.5) is 10.5 Å². The number of benzene rings is 2. The molecule has 1 atom stereocenters. The van der Waals surface area contributed by atoms with Gasteiger partial charge in [-0.2, -0.15) is 0 Å². The van der Waals surface area contributed by atoms with Gasteiger partial charge in [0.25, 0.3) is 0 Å². The summed E-state index contributed by atoms with van der Waals surface area (Å²) in [6.45, 7) is 4.78. The molecule has 0 aromatic heterocycles. The molecule has 8 heteroatoms. The van der Waals surface area contributed by atoms with Crippen LogP contribution in [0.3, 0.4) is 0 Å². The number of methoxy groups -OCH3 is 1. The molecule has 2 aromatic carbocycles. The number of nitrogens with two attached hydrogens (primary N) is 1. The van der Waals surface area contributed by atoms with Crippen LogP contribution < -0.4 is 24.8 Å². The van der Waals surface area contributed by atoms with Crippen molar-refractivity contribution < 1.29 is 23.7 Å². The van der Waals surface area contributed by atoms with E-state index in [4.69, 9.17) is 24.7 Å². The van der Waals surface area contributed by atoms with Crippen molar-refractivity contribution in [3.63, 3.8) is 0 Å². The van der Waals surface area contributed by atoms with E-state index in [1.165, 1.54) is 5.69 Å². The molecule has 30 heavy (non-hydrogen) atoms. The zero-order chi connectivity index (χ0) is 20.9. The van der Waals surface area contributed by atoms with Crippen LogP contribution in [-0.4, -0.2) is 57.6 Å². The normalized spacial score (nSPS) is 16.9. The number of nitrogens with zero attached hydrogens (tertiary/aromatic N) is 2. The van der Waals surface area contributed by atoms with Crippen molar-refractivity contribution >= 4 is 11.8 Å². The highest BCUT2D eigenvalue weighted by Crippen LogP contribution is 2.36. The Morgan fingerprint density at radius 2 is 1.80 bits per heavy atom. The lowest BCUT2D eigenvalue weighted by Gasteiger charge is -2.36. The Morgan fingerprint density at radius 3 is 2.50 bits per heavy atom. The molecule has 0 aliphatic carbocycles. The summed E-state index contributed by atoms with van der Waals surface area (Å²) in [7, 11) is 1.67. The smallest absolute Gasteiger partial charge is 0.405 e. The summed E-state index contributed by atoms with van der Waals surface area (Å²) in [6.07, 6.45) is -0.538. The highest BCUT2D eigenvalue weighted by atomic mass is 16.7. The first-order chi connectivity index (χ1) is 14.6. The number of amides is 1. The molecule has 2 aromatic rings. The Hall–Kier alpha value is -3.13. The summed E-state index contributed by atoms with van der Waals surface area (Å²) < 4.78 is 21.4. The molecule has 160 valence electrons. The largest absolute Gasteiger partial charge is 0.497 e. The minimum atomic E-state index is -0.776. The molecule has 2 aliphatic rings. The Bertz CT molecular complexity index is 866. The van der Waals surface area contributed by atoms with Crippen LogP contribution in [0.1, 0.15) is 18.1 Å². The van der Waals surface area contributed by atoms with Crippen molar-refractivity contribution in [2.45, 2.75) is 12.5 Å². The number of carbonyl (C=O) groups excluding carboxylic acids is 1. The van der Waals surface area contributed by atoms with Gasteiger partial charge in [0.15, 0.2) is 11.5 Å². The van der Waals surface area contributed by atoms with E-state index >= 15 is 0 Å². The highest BCUT2D eigenvalue weighted by Gasteiger charge is 2.23. The maximum Gasteiger partial charge on any atom is 0.405 e. The molecule has 2 aliphatic heterocycles. The number of carbonyl (C=O) groups is 1. The third-order valence-electron chi connectivity index (χ3n) is 5.54. The van der Waals surface area contributed by atoms with Gasteiger partial charge in [-0.3, -0.25) is 4.90 Å². The van der Waals surface area contributed by atoms with Crippen molar-refractivity contribution in [2.75, 3.05) is 51.5 Å². The Kier molecular flexibility index (Phi) is 6.13. The van der Waals surface area contributed by atoms with Crippen LogP contribution >= 0.6 is 0 Å². The number of anilines is 1. The first kappa shape index (κ1) is 20.2. The SMILES string of the molecule is COc1ccc(N2CCN(CCC(OC(N)=O)c3ccc4c(c3)OCO4)CC2)cc1. The number of rotatable bonds is 7. The molecule has 2 N–H and O–H groups in total. The molecule has 0 radical (unpaired) electrons. The van der Waals surface area contributed by atoms with Crippen molar-refractivity contribution in [1.29, 1.82) is 0 Å². The summed E-state index contributed by atoms with van der Waals surface area (Å²) >= 11 is 0. The summed E-state index contributed by atoms with van der Waals surface area (Å²) in [6, 6.07) is 13.7. The molecular weight excluding hydrogens is 386 g/mol. The fourth-order valence-corrected chi connectivity index (χ4v) is 3.87. The lowest BCUT2D eigenvalue weighted by atomic mass is 10.0. The van der Waals surface area contributed by atoms with Gasteiger partial charge in [0.2, 0.25) is 6.79 Å². The summed E-state index contributed by atoms with van der Waals surface area (Å²) in [5.41, 5.74) is 7.37. The average molecular weight is 413 g/mol. The topological polar surface area (TPSA) is 86.5 Å². The van der Waals surface area contributed by atoms with Crippen LogP contribution in [0.2, 0.25) is 0 Å². The molecule has 0 spiro atoms. The maximum absolute atomic E-state index is 11.4. The van der Waals surface area contributed by atoms with E-state index in [2.05, 4.69) is 21.9 Å². The Morgan fingerprint density at radius 1 is 1.07 bits per heavy atom. The zero-order valence-corrected chi connectivity index (χ0v) is 17.1. The number of hydrogen-bond donors (Lipinski definition) is 1. The number of piperazine rings is 1. The van der Waals surface area contributed by atoms with Gasteiger partial charge in [-0.05, 0) is 42.0 Å². The predicted molar refractivity (Wildman–Crippen MR) is 112 cm³/mol. The minimum Gasteiger partial charge on any atom is -0.497 e. The molecule has 1 amide bonds. The third-order valence-corrected chi connectivity index (χ3v) is 5.54. The van der Waals surface area contributed by atoms with Gasteiger partial charge in [0.1, 0.15) is 11.9 Å². The van der Waals surface area contributed by atoms with E-state index in [0.29, 0.717) is 17.9 Å². The monoisotopic (exact) mass is 413 g/mol. The first-order valence-corrected chi connectivity index (χ1v) is 10.1. The van der Waals surface area contributed by atoms with Crippen molar-refractivity contribution in [3.8, 4) is 17.2 Å². The van der Waals surface area contributed by atoms with Gasteiger partial charge in [0.05, 0.1) is 7.11 Å². The molecular formula is C22H27N3O5. The lowest BCUT2D eigenvalue weighted by molar-refractivity contribution is 0.0909. The van der Waals surface area contributed by atoms with E-state index in [0.717, 1.165) is 44.0 Å². The number of ether oxygens (including phenoxy) is 4. The Balaban J connectivity index is 1.32. The average Bonchev–Trinajstić information content (AvgIpc) is 3.25. The molecule has 1 saturated heterocycles. The number of primary amides is 1. The van der Waals surface area contributed by atoms with Gasteiger partial charge in [-0.25, -0.2) is 4.79 Å². The predicted octanol–water partition coefficient (Wildman–Crippen LogP) is 2.77. The van der Waals surface area contributed by atoms with Gasteiger partial charge < -0.3 is 29.6 Å². The molecule has 2 heterocycles. The highest BCUT2D eigenvalue weighted by molar-refractivity contribution is 5.65. The van der Waals surface area contributed by atoms with Gasteiger partial charge in [-0.1, -0.05) is 6.07 Å². The molecule has 8 nitrogen and oxygen atoms in total. The third kappa shape index (κ3) is 4.71. The van der Waals surface area contributed by atoms with Crippen molar-refractivity contribution in [3.05, 3.63) is 48.0 Å². The molecule has 0 bridgehead atoms. The van der Waals surface area contributed by atoms with Crippen LogP contribution in [-0.2, 0) is 4.74 Å². The van der Waals surface area contributed by atoms with E-state index in [-0.39, 0.29) is 6.79 Å². The molecule has 0 saturated carbocycles. The molecule has 1 fully saturated rings. The summed E-state index contributed by atoms with van der Waals surface area (Å²) in [5.74, 6) is 2.23.